The number of halogens is 3. The van der Waals surface area contributed by atoms with Gasteiger partial charge in [-0.1, -0.05) is 12.1 Å². The van der Waals surface area contributed by atoms with E-state index in [2.05, 4.69) is 5.32 Å². The molecule has 1 atom stereocenters. The molecule has 0 aliphatic carbocycles. The standard InChI is InChI=1S/C10H11F3N2O/c1-6(14)9(16)15-8-5-3-2-4-7(8)10(11,12)13/h2-6H,14H2,1H3,(H,15,16). The fraction of sp³-hybridized carbons (Fsp3) is 0.300. The first-order valence-electron chi connectivity index (χ1n) is 4.55. The van der Waals surface area contributed by atoms with Gasteiger partial charge in [0.05, 0.1) is 17.3 Å². The first kappa shape index (κ1) is 12.5. The number of carbonyl (C=O) groups excluding carboxylic acids is 1. The third kappa shape index (κ3) is 2.96. The summed E-state index contributed by atoms with van der Waals surface area (Å²) in [6.07, 6.45) is -4.50. The number of amides is 1. The molecule has 1 unspecified atom stereocenters. The van der Waals surface area contributed by atoms with E-state index >= 15 is 0 Å². The molecule has 0 fully saturated rings. The van der Waals surface area contributed by atoms with Crippen molar-refractivity contribution in [3.8, 4) is 0 Å². The first-order chi connectivity index (χ1) is 7.32. The molecule has 88 valence electrons. The van der Waals surface area contributed by atoms with Crippen LogP contribution in [-0.4, -0.2) is 11.9 Å². The molecule has 0 saturated heterocycles. The Kier molecular flexibility index (Phi) is 3.54. The number of nitrogens with two attached hydrogens (primary N) is 1. The molecule has 6 heteroatoms. The highest BCUT2D eigenvalue weighted by atomic mass is 19.4. The molecule has 1 aromatic carbocycles. The molecule has 1 aromatic rings. The third-order valence-corrected chi connectivity index (χ3v) is 1.90. The zero-order chi connectivity index (χ0) is 12.3. The van der Waals surface area contributed by atoms with Gasteiger partial charge in [-0.25, -0.2) is 0 Å². The minimum atomic E-state index is -4.50. The summed E-state index contributed by atoms with van der Waals surface area (Å²) in [6.45, 7) is 1.39. The average molecular weight is 232 g/mol. The Balaban J connectivity index is 3.01. The molecular weight excluding hydrogens is 221 g/mol. The maximum Gasteiger partial charge on any atom is 0.418 e. The van der Waals surface area contributed by atoms with E-state index in [9.17, 15) is 18.0 Å². The van der Waals surface area contributed by atoms with Crippen molar-refractivity contribution in [3.05, 3.63) is 29.8 Å². The van der Waals surface area contributed by atoms with Crippen LogP contribution in [0.2, 0.25) is 0 Å². The Morgan fingerprint density at radius 2 is 1.94 bits per heavy atom. The predicted molar refractivity (Wildman–Crippen MR) is 53.7 cm³/mol. The van der Waals surface area contributed by atoms with Crippen LogP contribution in [-0.2, 0) is 11.0 Å². The molecule has 0 bridgehead atoms. The van der Waals surface area contributed by atoms with Crippen LogP contribution in [0.4, 0.5) is 18.9 Å². The van der Waals surface area contributed by atoms with Crippen molar-refractivity contribution in [3.63, 3.8) is 0 Å². The zero-order valence-electron chi connectivity index (χ0n) is 8.51. The highest BCUT2D eigenvalue weighted by Crippen LogP contribution is 2.34. The van der Waals surface area contributed by atoms with Crippen LogP contribution in [0.3, 0.4) is 0 Å². The molecule has 0 aliphatic rings. The Morgan fingerprint density at radius 3 is 2.44 bits per heavy atom. The minimum Gasteiger partial charge on any atom is -0.324 e. The van der Waals surface area contributed by atoms with Crippen LogP contribution in [0.15, 0.2) is 24.3 Å². The molecule has 3 N–H and O–H groups in total. The van der Waals surface area contributed by atoms with Gasteiger partial charge in [0, 0.05) is 0 Å². The summed E-state index contributed by atoms with van der Waals surface area (Å²) in [5.41, 5.74) is 4.08. The van der Waals surface area contributed by atoms with Crippen LogP contribution in [0, 0.1) is 0 Å². The van der Waals surface area contributed by atoms with Crippen LogP contribution in [0.1, 0.15) is 12.5 Å². The molecule has 3 nitrogen and oxygen atoms in total. The first-order valence-corrected chi connectivity index (χ1v) is 4.55. The lowest BCUT2D eigenvalue weighted by molar-refractivity contribution is -0.137. The quantitative estimate of drug-likeness (QED) is 0.819. The van der Waals surface area contributed by atoms with Crippen LogP contribution < -0.4 is 11.1 Å². The molecule has 16 heavy (non-hydrogen) atoms. The number of anilines is 1. The highest BCUT2D eigenvalue weighted by Gasteiger charge is 2.33. The van der Waals surface area contributed by atoms with Crippen molar-refractivity contribution in [2.24, 2.45) is 5.73 Å². The Bertz CT molecular complexity index is 388. The lowest BCUT2D eigenvalue weighted by Crippen LogP contribution is -2.33. The average Bonchev–Trinajstić information content (AvgIpc) is 2.16. The van der Waals surface area contributed by atoms with E-state index in [1.807, 2.05) is 0 Å². The third-order valence-electron chi connectivity index (χ3n) is 1.90. The summed E-state index contributed by atoms with van der Waals surface area (Å²) in [7, 11) is 0. The summed E-state index contributed by atoms with van der Waals surface area (Å²) < 4.78 is 37.6. The number of alkyl halides is 3. The van der Waals surface area contributed by atoms with Crippen molar-refractivity contribution in [1.29, 1.82) is 0 Å². The number of benzene rings is 1. The van der Waals surface area contributed by atoms with E-state index in [1.165, 1.54) is 25.1 Å². The number of carbonyl (C=O) groups is 1. The van der Waals surface area contributed by atoms with Gasteiger partial charge < -0.3 is 11.1 Å². The molecular formula is C10H11F3N2O. The molecule has 0 heterocycles. The van der Waals surface area contributed by atoms with Crippen molar-refractivity contribution in [1.82, 2.24) is 0 Å². The van der Waals surface area contributed by atoms with Gasteiger partial charge in [-0.2, -0.15) is 13.2 Å². The summed E-state index contributed by atoms with van der Waals surface area (Å²) >= 11 is 0. The molecule has 1 rings (SSSR count). The zero-order valence-corrected chi connectivity index (χ0v) is 8.51. The second-order valence-electron chi connectivity index (χ2n) is 3.32. The van der Waals surface area contributed by atoms with E-state index < -0.39 is 23.7 Å². The summed E-state index contributed by atoms with van der Waals surface area (Å²) in [4.78, 5) is 11.2. The Morgan fingerprint density at radius 1 is 1.38 bits per heavy atom. The Hall–Kier alpha value is -1.56. The van der Waals surface area contributed by atoms with Crippen LogP contribution >= 0.6 is 0 Å². The number of hydrogen-bond donors (Lipinski definition) is 2. The molecule has 0 spiro atoms. The highest BCUT2D eigenvalue weighted by molar-refractivity contribution is 5.95. The molecule has 0 aromatic heterocycles. The van der Waals surface area contributed by atoms with E-state index in [4.69, 9.17) is 5.73 Å². The van der Waals surface area contributed by atoms with Crippen LogP contribution in [0.25, 0.3) is 0 Å². The van der Waals surface area contributed by atoms with E-state index in [1.54, 1.807) is 0 Å². The maximum absolute atomic E-state index is 12.5. The van der Waals surface area contributed by atoms with Crippen LogP contribution in [0.5, 0.6) is 0 Å². The van der Waals surface area contributed by atoms with E-state index in [0.29, 0.717) is 0 Å². The van der Waals surface area contributed by atoms with Crippen molar-refractivity contribution in [2.75, 3.05) is 5.32 Å². The summed E-state index contributed by atoms with van der Waals surface area (Å²) in [5.74, 6) is -0.656. The van der Waals surface area contributed by atoms with E-state index in [0.717, 1.165) is 6.07 Å². The Labute approximate surface area is 90.4 Å². The van der Waals surface area contributed by atoms with Crippen molar-refractivity contribution >= 4 is 11.6 Å². The minimum absolute atomic E-state index is 0.280. The normalized spacial score (nSPS) is 13.3. The van der Waals surface area contributed by atoms with Gasteiger partial charge >= 0.3 is 6.18 Å². The fourth-order valence-electron chi connectivity index (χ4n) is 1.09. The van der Waals surface area contributed by atoms with Gasteiger partial charge in [0.2, 0.25) is 5.91 Å². The number of para-hydroxylation sites is 1. The monoisotopic (exact) mass is 232 g/mol. The molecule has 1 amide bonds. The largest absolute Gasteiger partial charge is 0.418 e. The van der Waals surface area contributed by atoms with E-state index in [-0.39, 0.29) is 5.69 Å². The SMILES string of the molecule is CC(N)C(=O)Nc1ccccc1C(F)(F)F. The number of nitrogens with one attached hydrogen (secondary N) is 1. The smallest absolute Gasteiger partial charge is 0.324 e. The molecule has 0 saturated carbocycles. The topological polar surface area (TPSA) is 55.1 Å². The van der Waals surface area contributed by atoms with Gasteiger partial charge in [-0.15, -0.1) is 0 Å². The second kappa shape index (κ2) is 4.52. The predicted octanol–water partition coefficient (Wildman–Crippen LogP) is 1.99. The lowest BCUT2D eigenvalue weighted by atomic mass is 10.1. The van der Waals surface area contributed by atoms with Gasteiger partial charge in [0.15, 0.2) is 0 Å². The lowest BCUT2D eigenvalue weighted by Gasteiger charge is -2.14. The fourth-order valence-corrected chi connectivity index (χ4v) is 1.09. The van der Waals surface area contributed by atoms with Gasteiger partial charge in [0.25, 0.3) is 0 Å². The summed E-state index contributed by atoms with van der Waals surface area (Å²) in [6, 6.07) is 3.89. The van der Waals surface area contributed by atoms with Gasteiger partial charge in [-0.05, 0) is 19.1 Å². The molecule has 0 aliphatic heterocycles. The van der Waals surface area contributed by atoms with Crippen molar-refractivity contribution in [2.45, 2.75) is 19.1 Å². The number of hydrogen-bond acceptors (Lipinski definition) is 2. The molecule has 0 radical (unpaired) electrons. The number of rotatable bonds is 2. The maximum atomic E-state index is 12.5. The van der Waals surface area contributed by atoms with Gasteiger partial charge in [0.1, 0.15) is 0 Å². The summed E-state index contributed by atoms with van der Waals surface area (Å²) in [5, 5.41) is 2.13. The second-order valence-corrected chi connectivity index (χ2v) is 3.32. The van der Waals surface area contributed by atoms with Gasteiger partial charge in [-0.3, -0.25) is 4.79 Å². The van der Waals surface area contributed by atoms with Crippen molar-refractivity contribution < 1.29 is 18.0 Å².